The Morgan fingerprint density at radius 2 is 2.33 bits per heavy atom. The maximum atomic E-state index is 5.52. The Balaban J connectivity index is 2.66. The lowest BCUT2D eigenvalue weighted by molar-refractivity contribution is 0.189. The maximum Gasteiger partial charge on any atom is 0.105 e. The van der Waals surface area contributed by atoms with Crippen molar-refractivity contribution in [3.05, 3.63) is 12.3 Å². The Hall–Kier alpha value is -0.110. The van der Waals surface area contributed by atoms with E-state index >= 15 is 0 Å². The summed E-state index contributed by atoms with van der Waals surface area (Å²) in [6.07, 6.45) is 3.56. The first kappa shape index (κ1) is 9.97. The zero-order valence-corrected chi connectivity index (χ0v) is 8.88. The summed E-state index contributed by atoms with van der Waals surface area (Å²) in [5.41, 5.74) is 0. The summed E-state index contributed by atoms with van der Waals surface area (Å²) in [7, 11) is 0. The summed E-state index contributed by atoms with van der Waals surface area (Å²) in [4.78, 5) is 0. The third-order valence-electron chi connectivity index (χ3n) is 2.47. The number of hydrogen-bond acceptors (Lipinski definition) is 2. The highest BCUT2D eigenvalue weighted by Crippen LogP contribution is 2.42. The number of hydrogen-bond donors (Lipinski definition) is 0. The van der Waals surface area contributed by atoms with Gasteiger partial charge in [0.1, 0.15) is 5.76 Å². The fraction of sp³-hybridized carbons (Fsp3) is 0.800. The van der Waals surface area contributed by atoms with Crippen molar-refractivity contribution in [3.63, 3.8) is 0 Å². The van der Waals surface area contributed by atoms with Crippen LogP contribution in [0.3, 0.4) is 0 Å². The molecule has 1 fully saturated rings. The van der Waals surface area contributed by atoms with Crippen LogP contribution in [-0.2, 0) is 4.74 Å². The third kappa shape index (κ3) is 1.79. The van der Waals surface area contributed by atoms with Gasteiger partial charge in [0.05, 0.1) is 11.4 Å². The topological polar surface area (TPSA) is 9.23 Å². The van der Waals surface area contributed by atoms with Gasteiger partial charge >= 0.3 is 0 Å². The quantitative estimate of drug-likeness (QED) is 0.669. The zero-order valence-electron chi connectivity index (χ0n) is 8.06. The molecule has 1 heterocycles. The van der Waals surface area contributed by atoms with Crippen molar-refractivity contribution < 1.29 is 4.74 Å². The molecule has 1 rings (SSSR count). The molecule has 0 amide bonds. The second-order valence-electron chi connectivity index (χ2n) is 3.22. The molecule has 0 N–H and O–H groups in total. The SMILES string of the molecule is C=C1OCCSC1(CC)CCC. The normalized spacial score (nSPS) is 30.0. The average Bonchev–Trinajstić information content (AvgIpc) is 2.10. The predicted octanol–water partition coefficient (Wildman–Crippen LogP) is 3.21. The molecule has 0 aromatic heterocycles. The van der Waals surface area contributed by atoms with Gasteiger partial charge in [-0.3, -0.25) is 0 Å². The Morgan fingerprint density at radius 3 is 2.83 bits per heavy atom. The monoisotopic (exact) mass is 186 g/mol. The van der Waals surface area contributed by atoms with Crippen LogP contribution in [-0.4, -0.2) is 17.1 Å². The molecular weight excluding hydrogens is 168 g/mol. The molecule has 12 heavy (non-hydrogen) atoms. The Labute approximate surface area is 79.6 Å². The van der Waals surface area contributed by atoms with Crippen LogP contribution < -0.4 is 0 Å². The summed E-state index contributed by atoms with van der Waals surface area (Å²) >= 11 is 2.02. The molecule has 1 atom stereocenters. The van der Waals surface area contributed by atoms with Gasteiger partial charge in [0.2, 0.25) is 0 Å². The minimum atomic E-state index is 0.229. The first-order valence-electron chi connectivity index (χ1n) is 4.71. The van der Waals surface area contributed by atoms with Crippen LogP contribution in [0.25, 0.3) is 0 Å². The van der Waals surface area contributed by atoms with Crippen molar-refractivity contribution >= 4 is 11.8 Å². The molecule has 1 aliphatic heterocycles. The van der Waals surface area contributed by atoms with Gasteiger partial charge in [-0.2, -0.15) is 0 Å². The van der Waals surface area contributed by atoms with Crippen molar-refractivity contribution in [2.75, 3.05) is 12.4 Å². The molecule has 0 aromatic rings. The van der Waals surface area contributed by atoms with Gasteiger partial charge in [-0.05, 0) is 12.8 Å². The summed E-state index contributed by atoms with van der Waals surface area (Å²) < 4.78 is 5.75. The standard InChI is InChI=1S/C10H18OS/c1-4-6-10(5-2)9(3)11-7-8-12-10/h3-8H2,1-2H3. The fourth-order valence-corrected chi connectivity index (χ4v) is 3.04. The van der Waals surface area contributed by atoms with Crippen LogP contribution in [0.15, 0.2) is 12.3 Å². The highest BCUT2D eigenvalue weighted by Gasteiger charge is 2.35. The summed E-state index contributed by atoms with van der Waals surface area (Å²) in [5, 5.41) is 0. The number of ether oxygens (including phenoxy) is 1. The predicted molar refractivity (Wildman–Crippen MR) is 55.5 cm³/mol. The smallest absolute Gasteiger partial charge is 0.105 e. The van der Waals surface area contributed by atoms with E-state index in [0.29, 0.717) is 0 Å². The van der Waals surface area contributed by atoms with Gasteiger partial charge in [-0.1, -0.05) is 26.8 Å². The molecule has 0 spiro atoms. The minimum absolute atomic E-state index is 0.229. The van der Waals surface area contributed by atoms with Crippen molar-refractivity contribution in [2.24, 2.45) is 0 Å². The van der Waals surface area contributed by atoms with E-state index in [0.717, 1.165) is 24.5 Å². The fourth-order valence-electron chi connectivity index (χ4n) is 1.71. The van der Waals surface area contributed by atoms with Crippen molar-refractivity contribution in [2.45, 2.75) is 37.9 Å². The third-order valence-corrected chi connectivity index (χ3v) is 4.11. The summed E-state index contributed by atoms with van der Waals surface area (Å²) in [6, 6.07) is 0. The maximum absolute atomic E-state index is 5.52. The first-order chi connectivity index (χ1) is 5.75. The molecule has 0 bridgehead atoms. The van der Waals surface area contributed by atoms with Gasteiger partial charge < -0.3 is 4.74 Å². The van der Waals surface area contributed by atoms with Gasteiger partial charge in [-0.25, -0.2) is 0 Å². The Morgan fingerprint density at radius 1 is 1.58 bits per heavy atom. The Kier molecular flexibility index (Phi) is 3.51. The molecule has 0 aromatic carbocycles. The highest BCUT2D eigenvalue weighted by molar-refractivity contribution is 8.00. The summed E-state index contributed by atoms with van der Waals surface area (Å²) in [5.74, 6) is 2.12. The first-order valence-corrected chi connectivity index (χ1v) is 5.70. The molecule has 1 nitrogen and oxygen atoms in total. The van der Waals surface area contributed by atoms with Gasteiger partial charge in [0.15, 0.2) is 0 Å². The van der Waals surface area contributed by atoms with Crippen LogP contribution in [0.4, 0.5) is 0 Å². The van der Waals surface area contributed by atoms with Crippen LogP contribution in [0, 0.1) is 0 Å². The molecule has 1 unspecified atom stereocenters. The van der Waals surface area contributed by atoms with Gasteiger partial charge in [0, 0.05) is 5.75 Å². The van der Waals surface area contributed by atoms with Crippen molar-refractivity contribution in [3.8, 4) is 0 Å². The van der Waals surface area contributed by atoms with E-state index in [1.165, 1.54) is 12.8 Å². The molecule has 0 radical (unpaired) electrons. The van der Waals surface area contributed by atoms with Crippen LogP contribution in [0.2, 0.25) is 0 Å². The molecule has 2 heteroatoms. The molecule has 70 valence electrons. The van der Waals surface area contributed by atoms with Crippen molar-refractivity contribution in [1.82, 2.24) is 0 Å². The van der Waals surface area contributed by atoms with E-state index in [1.807, 2.05) is 11.8 Å². The lowest BCUT2D eigenvalue weighted by atomic mass is 9.97. The van der Waals surface area contributed by atoms with E-state index in [9.17, 15) is 0 Å². The van der Waals surface area contributed by atoms with E-state index in [4.69, 9.17) is 4.74 Å². The average molecular weight is 186 g/mol. The molecular formula is C10H18OS. The molecule has 0 aliphatic carbocycles. The van der Waals surface area contributed by atoms with Crippen molar-refractivity contribution in [1.29, 1.82) is 0 Å². The van der Waals surface area contributed by atoms with Crippen LogP contribution >= 0.6 is 11.8 Å². The highest BCUT2D eigenvalue weighted by atomic mass is 32.2. The van der Waals surface area contributed by atoms with Gasteiger partial charge in [-0.15, -0.1) is 11.8 Å². The zero-order chi connectivity index (χ0) is 9.03. The van der Waals surface area contributed by atoms with Gasteiger partial charge in [0.25, 0.3) is 0 Å². The minimum Gasteiger partial charge on any atom is -0.496 e. The number of thioether (sulfide) groups is 1. The van der Waals surface area contributed by atoms with E-state index < -0.39 is 0 Å². The van der Waals surface area contributed by atoms with E-state index in [2.05, 4.69) is 20.4 Å². The second kappa shape index (κ2) is 4.22. The van der Waals surface area contributed by atoms with Crippen LogP contribution in [0.1, 0.15) is 33.1 Å². The summed E-state index contributed by atoms with van der Waals surface area (Å²) in [6.45, 7) is 9.30. The van der Waals surface area contributed by atoms with Crippen LogP contribution in [0.5, 0.6) is 0 Å². The molecule has 0 saturated carbocycles. The Bertz CT molecular complexity index is 163. The molecule has 1 saturated heterocycles. The molecule has 1 aliphatic rings. The second-order valence-corrected chi connectivity index (χ2v) is 4.70. The lowest BCUT2D eigenvalue weighted by Crippen LogP contribution is -2.32. The number of rotatable bonds is 3. The van der Waals surface area contributed by atoms with E-state index in [-0.39, 0.29) is 4.75 Å². The lowest BCUT2D eigenvalue weighted by Gasteiger charge is -2.37. The largest absolute Gasteiger partial charge is 0.496 e. The van der Waals surface area contributed by atoms with E-state index in [1.54, 1.807) is 0 Å².